The molecule has 0 bridgehead atoms. The third-order valence-electron chi connectivity index (χ3n) is 6.88. The number of aliphatic hydroxyl groups is 1. The largest absolute Gasteiger partial charge is 0.507 e. The van der Waals surface area contributed by atoms with Crippen molar-refractivity contribution in [1.29, 1.82) is 0 Å². The SMILES string of the molecule is COc1ccc([C@H]2C(=C(O)c3ccc4c(c3)C[C@H](C)O4)C(=O)C(=O)N2c2nc3ccc(F)cc3s2)cc1OC. The number of thiazole rings is 1. The second kappa shape index (κ2) is 9.39. The number of rotatable bonds is 5. The zero-order valence-electron chi connectivity index (χ0n) is 21.2. The van der Waals surface area contributed by atoms with Gasteiger partial charge in [-0.25, -0.2) is 9.37 Å². The molecule has 1 amide bonds. The van der Waals surface area contributed by atoms with Crippen LogP contribution in [-0.2, 0) is 16.0 Å². The average molecular weight is 547 g/mol. The van der Waals surface area contributed by atoms with Crippen molar-refractivity contribution in [2.24, 2.45) is 0 Å². The summed E-state index contributed by atoms with van der Waals surface area (Å²) in [6, 6.07) is 13.3. The van der Waals surface area contributed by atoms with Crippen molar-refractivity contribution in [3.8, 4) is 17.2 Å². The third-order valence-corrected chi connectivity index (χ3v) is 7.90. The van der Waals surface area contributed by atoms with Crippen molar-refractivity contribution in [3.63, 3.8) is 0 Å². The number of carbonyl (C=O) groups excluding carboxylic acids is 2. The van der Waals surface area contributed by atoms with Gasteiger partial charge in [-0.2, -0.15) is 0 Å². The van der Waals surface area contributed by atoms with Crippen LogP contribution >= 0.6 is 11.3 Å². The van der Waals surface area contributed by atoms with Crippen LogP contribution in [0.15, 0.2) is 60.2 Å². The van der Waals surface area contributed by atoms with E-state index in [1.807, 2.05) is 6.92 Å². The molecule has 0 aliphatic carbocycles. The molecule has 1 fully saturated rings. The molecular formula is C29H23FN2O6S. The minimum absolute atomic E-state index is 0.00128. The Morgan fingerprint density at radius 2 is 1.87 bits per heavy atom. The fourth-order valence-corrected chi connectivity index (χ4v) is 6.10. The van der Waals surface area contributed by atoms with Gasteiger partial charge in [0.05, 0.1) is 36.1 Å². The Morgan fingerprint density at radius 3 is 2.64 bits per heavy atom. The number of benzene rings is 3. The summed E-state index contributed by atoms with van der Waals surface area (Å²) in [7, 11) is 2.98. The Hall–Kier alpha value is -4.44. The Balaban J connectivity index is 1.55. The maximum absolute atomic E-state index is 13.9. The Kier molecular flexibility index (Phi) is 5.99. The number of amides is 1. The first-order valence-electron chi connectivity index (χ1n) is 12.2. The second-order valence-corrected chi connectivity index (χ2v) is 10.4. The number of aliphatic hydroxyl groups excluding tert-OH is 1. The summed E-state index contributed by atoms with van der Waals surface area (Å²) in [5.41, 5.74) is 2.18. The molecule has 2 atom stereocenters. The number of ether oxygens (including phenoxy) is 3. The van der Waals surface area contributed by atoms with Crippen molar-refractivity contribution in [2.75, 3.05) is 19.1 Å². The van der Waals surface area contributed by atoms with E-state index in [4.69, 9.17) is 14.2 Å². The third kappa shape index (κ3) is 4.08. The number of nitrogens with zero attached hydrogens (tertiary/aromatic N) is 2. The van der Waals surface area contributed by atoms with Gasteiger partial charge in [-0.1, -0.05) is 17.4 Å². The quantitative estimate of drug-likeness (QED) is 0.203. The van der Waals surface area contributed by atoms with E-state index in [-0.39, 0.29) is 22.6 Å². The molecule has 8 nitrogen and oxygen atoms in total. The predicted octanol–water partition coefficient (Wildman–Crippen LogP) is 5.40. The molecule has 2 aliphatic rings. The molecule has 6 rings (SSSR count). The van der Waals surface area contributed by atoms with Gasteiger partial charge >= 0.3 is 5.91 Å². The molecule has 39 heavy (non-hydrogen) atoms. The van der Waals surface area contributed by atoms with E-state index < -0.39 is 23.5 Å². The van der Waals surface area contributed by atoms with Crippen molar-refractivity contribution >= 4 is 44.1 Å². The van der Waals surface area contributed by atoms with E-state index >= 15 is 0 Å². The predicted molar refractivity (Wildman–Crippen MR) is 144 cm³/mol. The molecule has 198 valence electrons. The molecule has 1 N–H and O–H groups in total. The van der Waals surface area contributed by atoms with Gasteiger partial charge in [0, 0.05) is 12.0 Å². The van der Waals surface area contributed by atoms with E-state index in [1.54, 1.807) is 36.4 Å². The summed E-state index contributed by atoms with van der Waals surface area (Å²) in [5, 5.41) is 11.7. The number of methoxy groups -OCH3 is 2. The molecule has 0 spiro atoms. The summed E-state index contributed by atoms with van der Waals surface area (Å²) in [4.78, 5) is 32.9. The Labute approximate surface area is 226 Å². The fraction of sp³-hybridized carbons (Fsp3) is 0.207. The highest BCUT2D eigenvalue weighted by molar-refractivity contribution is 7.22. The first-order chi connectivity index (χ1) is 18.8. The van der Waals surface area contributed by atoms with Gasteiger partial charge in [-0.05, 0) is 66.6 Å². The first kappa shape index (κ1) is 24.9. The molecule has 0 unspecified atom stereocenters. The van der Waals surface area contributed by atoms with Crippen LogP contribution in [0.1, 0.15) is 29.7 Å². The zero-order chi connectivity index (χ0) is 27.4. The minimum atomic E-state index is -1.03. The van der Waals surface area contributed by atoms with Crippen LogP contribution in [0.2, 0.25) is 0 Å². The lowest BCUT2D eigenvalue weighted by atomic mass is 9.94. The zero-order valence-corrected chi connectivity index (χ0v) is 22.0. The van der Waals surface area contributed by atoms with Gasteiger partial charge in [0.15, 0.2) is 16.6 Å². The molecule has 3 aromatic carbocycles. The van der Waals surface area contributed by atoms with Crippen LogP contribution in [0.25, 0.3) is 16.0 Å². The molecule has 4 aromatic rings. The maximum atomic E-state index is 13.9. The molecule has 1 aromatic heterocycles. The monoisotopic (exact) mass is 546 g/mol. The van der Waals surface area contributed by atoms with Crippen LogP contribution in [0.3, 0.4) is 0 Å². The molecule has 0 saturated carbocycles. The first-order valence-corrected chi connectivity index (χ1v) is 13.0. The smallest absolute Gasteiger partial charge is 0.301 e. The van der Waals surface area contributed by atoms with Gasteiger partial charge < -0.3 is 19.3 Å². The molecular weight excluding hydrogens is 523 g/mol. The summed E-state index contributed by atoms with van der Waals surface area (Å²) >= 11 is 1.08. The number of carbonyl (C=O) groups is 2. The molecule has 2 aliphatic heterocycles. The number of hydrogen-bond donors (Lipinski definition) is 1. The Bertz CT molecular complexity index is 1700. The van der Waals surface area contributed by atoms with Gasteiger partial charge in [-0.3, -0.25) is 14.5 Å². The summed E-state index contributed by atoms with van der Waals surface area (Å²) < 4.78 is 31.0. The molecule has 3 heterocycles. The van der Waals surface area contributed by atoms with Crippen LogP contribution in [-0.4, -0.2) is 42.1 Å². The number of halogens is 1. The van der Waals surface area contributed by atoms with Gasteiger partial charge in [0.25, 0.3) is 5.78 Å². The van der Waals surface area contributed by atoms with Crippen LogP contribution < -0.4 is 19.1 Å². The van der Waals surface area contributed by atoms with Crippen molar-refractivity contribution in [1.82, 2.24) is 4.98 Å². The van der Waals surface area contributed by atoms with Crippen LogP contribution in [0.4, 0.5) is 9.52 Å². The highest BCUT2D eigenvalue weighted by Gasteiger charge is 2.48. The summed E-state index contributed by atoms with van der Waals surface area (Å²) in [6.07, 6.45) is 0.658. The molecule has 0 radical (unpaired) electrons. The lowest BCUT2D eigenvalue weighted by Gasteiger charge is -2.23. The number of hydrogen-bond acceptors (Lipinski definition) is 8. The molecule has 10 heteroatoms. The highest BCUT2D eigenvalue weighted by Crippen LogP contribution is 2.46. The fourth-order valence-electron chi connectivity index (χ4n) is 5.08. The van der Waals surface area contributed by atoms with E-state index in [0.717, 1.165) is 22.6 Å². The van der Waals surface area contributed by atoms with Crippen LogP contribution in [0, 0.1) is 5.82 Å². The normalized spacial score (nSPS) is 19.8. The van der Waals surface area contributed by atoms with E-state index in [1.165, 1.54) is 37.3 Å². The standard InChI is InChI=1S/C29H23FN2O6S/c1-14-10-17-11-16(5-8-20(17)38-14)26(33)24-25(15-4-9-21(36-2)22(12-15)37-3)32(28(35)27(24)34)29-31-19-7-6-18(30)13-23(19)39-29/h4-9,11-14,25,33H,10H2,1-3H3/t14-,25-/m0/s1. The van der Waals surface area contributed by atoms with E-state index in [2.05, 4.69) is 4.98 Å². The van der Waals surface area contributed by atoms with Crippen molar-refractivity contribution in [3.05, 3.63) is 82.7 Å². The maximum Gasteiger partial charge on any atom is 0.301 e. The highest BCUT2D eigenvalue weighted by atomic mass is 32.1. The number of Topliss-reactive ketones (excluding diaryl/α,β-unsaturated/α-hetero) is 1. The van der Waals surface area contributed by atoms with Gasteiger partial charge in [-0.15, -0.1) is 0 Å². The molecule has 1 saturated heterocycles. The topological polar surface area (TPSA) is 98.2 Å². The van der Waals surface area contributed by atoms with E-state index in [9.17, 15) is 19.1 Å². The summed E-state index contributed by atoms with van der Waals surface area (Å²) in [6.45, 7) is 1.95. The minimum Gasteiger partial charge on any atom is -0.507 e. The summed E-state index contributed by atoms with van der Waals surface area (Å²) in [5.74, 6) is -0.900. The van der Waals surface area contributed by atoms with E-state index in [0.29, 0.717) is 39.3 Å². The van der Waals surface area contributed by atoms with Gasteiger partial charge in [0.2, 0.25) is 0 Å². The average Bonchev–Trinajstić information content (AvgIpc) is 3.59. The van der Waals surface area contributed by atoms with Crippen molar-refractivity contribution < 1.29 is 33.3 Å². The second-order valence-electron chi connectivity index (χ2n) is 9.35. The number of aromatic nitrogens is 1. The lowest BCUT2D eigenvalue weighted by molar-refractivity contribution is -0.132. The van der Waals surface area contributed by atoms with Crippen LogP contribution in [0.5, 0.6) is 17.2 Å². The van der Waals surface area contributed by atoms with Crippen molar-refractivity contribution in [2.45, 2.75) is 25.5 Å². The lowest BCUT2D eigenvalue weighted by Crippen LogP contribution is -2.29. The number of anilines is 1. The number of fused-ring (bicyclic) bond motifs is 2. The van der Waals surface area contributed by atoms with Gasteiger partial charge in [0.1, 0.15) is 23.4 Å². The Morgan fingerprint density at radius 1 is 1.08 bits per heavy atom. The number of ketones is 1.